The second-order valence-electron chi connectivity index (χ2n) is 9.14. The van der Waals surface area contributed by atoms with Crippen LogP contribution in [-0.2, 0) is 20.9 Å². The highest BCUT2D eigenvalue weighted by Gasteiger charge is 2.32. The lowest BCUT2D eigenvalue weighted by atomic mass is 9.95. The average Bonchev–Trinajstić information content (AvgIpc) is 2.95. The molecular formula is C30H27BrClFN4O5S. The first-order chi connectivity index (χ1) is 20.7. The number of allylic oxidation sites excluding steroid dienone is 1. The maximum atomic E-state index is 13.4. The fourth-order valence-corrected chi connectivity index (χ4v) is 5.45. The summed E-state index contributed by atoms with van der Waals surface area (Å²) in [5.74, 6) is -0.597. The highest BCUT2D eigenvalue weighted by molar-refractivity contribution is 9.10. The summed E-state index contributed by atoms with van der Waals surface area (Å²) in [4.78, 5) is 25.2. The molecule has 0 aromatic heterocycles. The number of nitrogens with one attached hydrogen (secondary N) is 3. The number of benzene rings is 3. The van der Waals surface area contributed by atoms with E-state index >= 15 is 0 Å². The van der Waals surface area contributed by atoms with Gasteiger partial charge in [0.2, 0.25) is 0 Å². The third-order valence-electron chi connectivity index (χ3n) is 6.05. The summed E-state index contributed by atoms with van der Waals surface area (Å²) in [6.45, 7) is 3.45. The second kappa shape index (κ2) is 14.9. The Kier molecular flexibility index (Phi) is 11.1. The number of hydrazone groups is 1. The lowest BCUT2D eigenvalue weighted by Gasteiger charge is -2.30. The maximum absolute atomic E-state index is 13.4. The van der Waals surface area contributed by atoms with Crippen molar-refractivity contribution in [3.8, 4) is 11.5 Å². The molecule has 0 radical (unpaired) electrons. The molecule has 0 saturated carbocycles. The Bertz CT molecular complexity index is 1580. The number of halogens is 3. The molecule has 1 atom stereocenters. The van der Waals surface area contributed by atoms with E-state index in [-0.39, 0.29) is 25.6 Å². The van der Waals surface area contributed by atoms with Crippen molar-refractivity contribution in [2.75, 3.05) is 13.2 Å². The van der Waals surface area contributed by atoms with E-state index in [0.29, 0.717) is 54.1 Å². The van der Waals surface area contributed by atoms with Gasteiger partial charge < -0.3 is 24.8 Å². The molecule has 0 fully saturated rings. The van der Waals surface area contributed by atoms with Gasteiger partial charge in [0.25, 0.3) is 5.91 Å². The monoisotopic (exact) mass is 688 g/mol. The van der Waals surface area contributed by atoms with E-state index in [1.54, 1.807) is 62.4 Å². The zero-order chi connectivity index (χ0) is 30.9. The molecule has 224 valence electrons. The summed E-state index contributed by atoms with van der Waals surface area (Å²) in [5, 5.41) is 10.7. The van der Waals surface area contributed by atoms with E-state index < -0.39 is 17.9 Å². The molecule has 43 heavy (non-hydrogen) atoms. The lowest BCUT2D eigenvalue weighted by Crippen LogP contribution is -2.45. The highest BCUT2D eigenvalue weighted by atomic mass is 79.9. The van der Waals surface area contributed by atoms with Gasteiger partial charge in [0.05, 0.1) is 33.9 Å². The number of hydrogen-bond acceptors (Lipinski definition) is 7. The topological polar surface area (TPSA) is 110 Å². The van der Waals surface area contributed by atoms with Gasteiger partial charge in [-0.15, -0.1) is 0 Å². The largest absolute Gasteiger partial charge is 0.486 e. The van der Waals surface area contributed by atoms with Crippen molar-refractivity contribution < 1.29 is 28.2 Å². The van der Waals surface area contributed by atoms with E-state index in [0.717, 1.165) is 0 Å². The van der Waals surface area contributed by atoms with E-state index in [4.69, 9.17) is 38.0 Å². The van der Waals surface area contributed by atoms with Crippen molar-refractivity contribution in [3.05, 3.63) is 104 Å². The summed E-state index contributed by atoms with van der Waals surface area (Å²) in [6, 6.07) is 15.8. The number of carbonyl (C=O) groups is 2. The Balaban J connectivity index is 1.38. The normalized spacial score (nSPS) is 14.6. The van der Waals surface area contributed by atoms with Crippen LogP contribution in [0, 0.1) is 5.82 Å². The first kappa shape index (κ1) is 31.9. The van der Waals surface area contributed by atoms with Gasteiger partial charge in [-0.3, -0.25) is 4.79 Å². The van der Waals surface area contributed by atoms with E-state index in [2.05, 4.69) is 37.1 Å². The van der Waals surface area contributed by atoms with Gasteiger partial charge in [0.15, 0.2) is 17.5 Å². The van der Waals surface area contributed by atoms with Crippen LogP contribution in [0.15, 0.2) is 81.5 Å². The Morgan fingerprint density at radius 3 is 2.70 bits per heavy atom. The molecule has 3 N–H and O–H groups in total. The van der Waals surface area contributed by atoms with Crippen molar-refractivity contribution in [3.63, 3.8) is 0 Å². The summed E-state index contributed by atoms with van der Waals surface area (Å²) < 4.78 is 30.8. The summed E-state index contributed by atoms with van der Waals surface area (Å²) in [5.41, 5.74) is 5.18. The van der Waals surface area contributed by atoms with Crippen LogP contribution in [0.1, 0.15) is 36.6 Å². The van der Waals surface area contributed by atoms with Crippen LogP contribution >= 0.6 is 39.7 Å². The van der Waals surface area contributed by atoms with Crippen LogP contribution in [0.5, 0.6) is 11.5 Å². The number of amides is 1. The van der Waals surface area contributed by atoms with Gasteiger partial charge in [-0.05, 0) is 83.5 Å². The second-order valence-corrected chi connectivity index (χ2v) is 10.8. The van der Waals surface area contributed by atoms with Crippen LogP contribution in [0.25, 0.3) is 0 Å². The van der Waals surface area contributed by atoms with Gasteiger partial charge in [-0.1, -0.05) is 41.9 Å². The fraction of sp³-hybridized carbons (Fsp3) is 0.200. The molecule has 4 rings (SSSR count). The maximum Gasteiger partial charge on any atom is 0.338 e. The molecule has 3 aromatic carbocycles. The van der Waals surface area contributed by atoms with Crippen molar-refractivity contribution in [2.45, 2.75) is 26.5 Å². The van der Waals surface area contributed by atoms with Crippen LogP contribution in [-0.4, -0.2) is 36.4 Å². The molecule has 1 aliphatic rings. The summed E-state index contributed by atoms with van der Waals surface area (Å²) >= 11 is 15.1. The minimum atomic E-state index is -0.644. The van der Waals surface area contributed by atoms with Crippen LogP contribution in [0.2, 0.25) is 5.02 Å². The zero-order valence-electron chi connectivity index (χ0n) is 23.1. The third kappa shape index (κ3) is 8.53. The Labute approximate surface area is 266 Å². The van der Waals surface area contributed by atoms with Crippen LogP contribution < -0.4 is 25.5 Å². The molecular weight excluding hydrogens is 663 g/mol. The zero-order valence-corrected chi connectivity index (χ0v) is 26.2. The minimum absolute atomic E-state index is 0.128. The predicted octanol–water partition coefficient (Wildman–Crippen LogP) is 5.71. The molecule has 1 amide bonds. The van der Waals surface area contributed by atoms with Crippen LogP contribution in [0.4, 0.5) is 4.39 Å². The minimum Gasteiger partial charge on any atom is -0.486 e. The molecule has 1 aliphatic heterocycles. The number of para-hydroxylation sites is 1. The van der Waals surface area contributed by atoms with Crippen molar-refractivity contribution >= 4 is 63.0 Å². The van der Waals surface area contributed by atoms with Crippen molar-refractivity contribution in [1.82, 2.24) is 16.1 Å². The smallest absolute Gasteiger partial charge is 0.338 e. The number of ether oxygens (including phenoxy) is 3. The predicted molar refractivity (Wildman–Crippen MR) is 169 cm³/mol. The molecule has 13 heteroatoms. The van der Waals surface area contributed by atoms with Gasteiger partial charge in [-0.2, -0.15) is 5.10 Å². The fourth-order valence-electron chi connectivity index (χ4n) is 4.19. The molecule has 3 aromatic rings. The molecule has 0 spiro atoms. The third-order valence-corrected chi connectivity index (χ3v) is 7.14. The van der Waals surface area contributed by atoms with E-state index in [1.165, 1.54) is 18.3 Å². The van der Waals surface area contributed by atoms with E-state index in [1.807, 2.05) is 0 Å². The number of carbonyl (C=O) groups excluding carboxylic acids is 2. The Hall–Kier alpha value is -4.00. The van der Waals surface area contributed by atoms with Gasteiger partial charge in [0.1, 0.15) is 18.2 Å². The first-order valence-corrected chi connectivity index (χ1v) is 14.6. The number of esters is 1. The molecule has 1 heterocycles. The lowest BCUT2D eigenvalue weighted by molar-refractivity contribution is -0.139. The van der Waals surface area contributed by atoms with Gasteiger partial charge in [-0.25, -0.2) is 14.6 Å². The number of nitrogens with zero attached hydrogens (tertiary/aromatic N) is 1. The van der Waals surface area contributed by atoms with Gasteiger partial charge in [0, 0.05) is 11.3 Å². The molecule has 0 aliphatic carbocycles. The van der Waals surface area contributed by atoms with E-state index in [9.17, 15) is 14.0 Å². The van der Waals surface area contributed by atoms with Gasteiger partial charge >= 0.3 is 5.97 Å². The number of rotatable bonds is 11. The number of hydrogen-bond donors (Lipinski definition) is 3. The van der Waals surface area contributed by atoms with Crippen molar-refractivity contribution in [2.24, 2.45) is 5.10 Å². The van der Waals surface area contributed by atoms with Crippen LogP contribution in [0.3, 0.4) is 0 Å². The molecule has 0 bridgehead atoms. The van der Waals surface area contributed by atoms with Crippen molar-refractivity contribution in [1.29, 1.82) is 0 Å². The summed E-state index contributed by atoms with van der Waals surface area (Å²) in [7, 11) is 0. The summed E-state index contributed by atoms with van der Waals surface area (Å²) in [6.07, 6.45) is 1.41. The molecule has 9 nitrogen and oxygen atoms in total. The quantitative estimate of drug-likeness (QED) is 0.102. The Morgan fingerprint density at radius 2 is 1.95 bits per heavy atom. The molecule has 0 saturated heterocycles. The number of thiocarbonyl (C=S) groups is 1. The average molecular weight is 690 g/mol. The molecule has 0 unspecified atom stereocenters. The Morgan fingerprint density at radius 1 is 1.16 bits per heavy atom. The SMILES string of the molecule is CCOC(=O)C1=C(C)NC(=S)N[C@H]1c1ccccc1OCC(=O)NN=Cc1cc(Cl)c(OCc2cccc(F)c2)c(Br)c1. The standard InChI is InChI=1S/C30H27BrClFN4O5S/c1-3-40-29(39)26-17(2)35-30(43)36-27(26)21-9-4-5-10-24(21)41-16-25(38)37-34-14-19-12-22(31)28(23(32)13-19)42-15-18-7-6-8-20(33)11-18/h4-14,27H,3,15-16H2,1-2H3,(H,37,38)(H2,35,36,43)/t27-/m0/s1. The highest BCUT2D eigenvalue weighted by Crippen LogP contribution is 2.35. The first-order valence-electron chi connectivity index (χ1n) is 13.0.